The lowest BCUT2D eigenvalue weighted by atomic mass is 10.2. The van der Waals surface area contributed by atoms with E-state index < -0.39 is 0 Å². The number of thioether (sulfide) groups is 1. The fraction of sp³-hybridized carbons (Fsp3) is 0.143. The number of nitrogens with zero attached hydrogens (tertiary/aromatic N) is 4. The molecule has 0 aliphatic heterocycles. The number of hydrogen-bond acceptors (Lipinski definition) is 5. The first kappa shape index (κ1) is 18.9. The van der Waals surface area contributed by atoms with Gasteiger partial charge in [-0.25, -0.2) is 0 Å². The van der Waals surface area contributed by atoms with E-state index >= 15 is 0 Å². The Morgan fingerprint density at radius 3 is 2.72 bits per heavy atom. The van der Waals surface area contributed by atoms with Gasteiger partial charge in [0.2, 0.25) is 11.7 Å². The molecule has 2 heterocycles. The number of benzene rings is 2. The highest BCUT2D eigenvalue weighted by atomic mass is 32.2. The van der Waals surface area contributed by atoms with E-state index in [1.807, 2.05) is 53.8 Å². The molecule has 146 valence electrons. The van der Waals surface area contributed by atoms with Crippen LogP contribution < -0.4 is 10.9 Å². The van der Waals surface area contributed by atoms with Crippen LogP contribution >= 0.6 is 11.8 Å². The Labute approximate surface area is 171 Å². The molecule has 0 radical (unpaired) electrons. The summed E-state index contributed by atoms with van der Waals surface area (Å²) in [7, 11) is 0. The first-order valence-corrected chi connectivity index (χ1v) is 10.0. The summed E-state index contributed by atoms with van der Waals surface area (Å²) in [4.78, 5) is 25.2. The number of aromatic nitrogens is 4. The Kier molecular flexibility index (Phi) is 5.18. The minimum absolute atomic E-state index is 0.134. The summed E-state index contributed by atoms with van der Waals surface area (Å²) in [5, 5.41) is 12.5. The molecular weight excluding hydrogens is 386 g/mol. The van der Waals surface area contributed by atoms with Gasteiger partial charge in [0.1, 0.15) is 0 Å². The normalized spacial score (nSPS) is 11.1. The molecule has 1 amide bonds. The molecule has 0 aliphatic rings. The van der Waals surface area contributed by atoms with E-state index in [1.54, 1.807) is 12.1 Å². The van der Waals surface area contributed by atoms with Gasteiger partial charge in [-0.05, 0) is 30.7 Å². The zero-order valence-electron chi connectivity index (χ0n) is 15.8. The van der Waals surface area contributed by atoms with E-state index in [0.29, 0.717) is 28.4 Å². The molecule has 0 atom stereocenters. The van der Waals surface area contributed by atoms with Gasteiger partial charge in [-0.15, -0.1) is 16.8 Å². The lowest BCUT2D eigenvalue weighted by Crippen LogP contribution is -2.22. The number of hydrogen-bond donors (Lipinski definition) is 1. The van der Waals surface area contributed by atoms with Gasteiger partial charge in [0.15, 0.2) is 5.16 Å². The van der Waals surface area contributed by atoms with Crippen molar-refractivity contribution in [3.05, 3.63) is 77.1 Å². The van der Waals surface area contributed by atoms with Crippen LogP contribution in [-0.2, 0) is 11.3 Å². The van der Waals surface area contributed by atoms with Crippen molar-refractivity contribution >= 4 is 40.0 Å². The standard InChI is InChI=1S/C21H19N5O2S/c1-3-12-25-19(28)15-9-5-7-11-17(15)26-20(25)23-24-21(26)29-13-18(27)22-16-10-6-4-8-14(16)2/h3-11H,1,12-13H2,2H3,(H,22,27). The van der Waals surface area contributed by atoms with Gasteiger partial charge in [-0.2, -0.15) is 0 Å². The molecule has 29 heavy (non-hydrogen) atoms. The predicted octanol–water partition coefficient (Wildman–Crippen LogP) is 3.27. The third-order valence-electron chi connectivity index (χ3n) is 4.54. The van der Waals surface area contributed by atoms with Gasteiger partial charge in [-0.1, -0.05) is 48.2 Å². The fourth-order valence-electron chi connectivity index (χ4n) is 3.15. The Balaban J connectivity index is 1.68. The molecule has 4 rings (SSSR count). The van der Waals surface area contributed by atoms with Crippen LogP contribution in [0.5, 0.6) is 0 Å². The summed E-state index contributed by atoms with van der Waals surface area (Å²) in [6.07, 6.45) is 1.65. The lowest BCUT2D eigenvalue weighted by Gasteiger charge is -2.10. The Morgan fingerprint density at radius 2 is 1.93 bits per heavy atom. The molecule has 7 nitrogen and oxygen atoms in total. The van der Waals surface area contributed by atoms with Crippen LogP contribution in [0.25, 0.3) is 16.7 Å². The van der Waals surface area contributed by atoms with E-state index in [2.05, 4.69) is 22.1 Å². The zero-order valence-corrected chi connectivity index (χ0v) is 16.6. The first-order chi connectivity index (χ1) is 14.1. The third kappa shape index (κ3) is 3.54. The highest BCUT2D eigenvalue weighted by molar-refractivity contribution is 7.99. The second kappa shape index (κ2) is 7.92. The molecule has 0 bridgehead atoms. The van der Waals surface area contributed by atoms with Crippen molar-refractivity contribution in [1.29, 1.82) is 0 Å². The van der Waals surface area contributed by atoms with E-state index in [9.17, 15) is 9.59 Å². The van der Waals surface area contributed by atoms with Gasteiger partial charge in [-0.3, -0.25) is 18.6 Å². The number of fused-ring (bicyclic) bond motifs is 3. The molecule has 0 saturated carbocycles. The lowest BCUT2D eigenvalue weighted by molar-refractivity contribution is -0.113. The summed E-state index contributed by atoms with van der Waals surface area (Å²) in [6.45, 7) is 5.99. The number of nitrogens with one attached hydrogen (secondary N) is 1. The fourth-order valence-corrected chi connectivity index (χ4v) is 3.89. The highest BCUT2D eigenvalue weighted by Crippen LogP contribution is 2.22. The molecule has 4 aromatic rings. The molecule has 0 spiro atoms. The van der Waals surface area contributed by atoms with Crippen molar-refractivity contribution in [2.45, 2.75) is 18.6 Å². The number of carbonyl (C=O) groups excluding carboxylic acids is 1. The van der Waals surface area contributed by atoms with Crippen LogP contribution in [0, 0.1) is 6.92 Å². The maximum atomic E-state index is 12.8. The zero-order chi connectivity index (χ0) is 20.4. The van der Waals surface area contributed by atoms with Crippen LogP contribution in [-0.4, -0.2) is 30.8 Å². The van der Waals surface area contributed by atoms with Gasteiger partial charge in [0.05, 0.1) is 16.7 Å². The van der Waals surface area contributed by atoms with Crippen LogP contribution in [0.4, 0.5) is 5.69 Å². The summed E-state index contributed by atoms with van der Waals surface area (Å²) < 4.78 is 3.34. The van der Waals surface area contributed by atoms with Crippen molar-refractivity contribution in [1.82, 2.24) is 19.2 Å². The quantitative estimate of drug-likeness (QED) is 0.393. The average Bonchev–Trinajstić information content (AvgIpc) is 3.15. The highest BCUT2D eigenvalue weighted by Gasteiger charge is 2.17. The topological polar surface area (TPSA) is 81.3 Å². The summed E-state index contributed by atoms with van der Waals surface area (Å²) in [6, 6.07) is 14.9. The van der Waals surface area contributed by atoms with Crippen molar-refractivity contribution in [2.24, 2.45) is 0 Å². The van der Waals surface area contributed by atoms with E-state index in [4.69, 9.17) is 0 Å². The first-order valence-electron chi connectivity index (χ1n) is 9.06. The van der Waals surface area contributed by atoms with Gasteiger partial charge < -0.3 is 5.32 Å². The molecule has 0 unspecified atom stereocenters. The van der Waals surface area contributed by atoms with E-state index in [-0.39, 0.29) is 17.2 Å². The SMILES string of the molecule is C=CCn1c(=O)c2ccccc2n2c(SCC(=O)Nc3ccccc3C)nnc12. The van der Waals surface area contributed by atoms with E-state index in [1.165, 1.54) is 16.3 Å². The largest absolute Gasteiger partial charge is 0.325 e. The Hall–Kier alpha value is -3.39. The number of aryl methyl sites for hydroxylation is 1. The summed E-state index contributed by atoms with van der Waals surface area (Å²) >= 11 is 1.27. The van der Waals surface area contributed by atoms with Gasteiger partial charge in [0, 0.05) is 12.2 Å². The molecule has 0 fully saturated rings. The number of carbonyl (C=O) groups is 1. The molecule has 0 aliphatic carbocycles. The average molecular weight is 405 g/mol. The minimum atomic E-state index is -0.144. The number of amides is 1. The molecule has 8 heteroatoms. The molecular formula is C21H19N5O2S. The molecule has 0 saturated heterocycles. The maximum Gasteiger partial charge on any atom is 0.263 e. The van der Waals surface area contributed by atoms with Crippen molar-refractivity contribution in [3.63, 3.8) is 0 Å². The monoisotopic (exact) mass is 405 g/mol. The van der Waals surface area contributed by atoms with Gasteiger partial charge >= 0.3 is 0 Å². The maximum absolute atomic E-state index is 12.8. The van der Waals surface area contributed by atoms with Crippen molar-refractivity contribution < 1.29 is 4.79 Å². The van der Waals surface area contributed by atoms with Crippen LogP contribution in [0.15, 0.2) is 71.1 Å². The predicted molar refractivity (Wildman–Crippen MR) is 115 cm³/mol. The van der Waals surface area contributed by atoms with E-state index in [0.717, 1.165) is 11.3 Å². The molecule has 2 aromatic heterocycles. The van der Waals surface area contributed by atoms with Crippen molar-refractivity contribution in [2.75, 3.05) is 11.1 Å². The van der Waals surface area contributed by atoms with Crippen LogP contribution in [0.1, 0.15) is 5.56 Å². The number of rotatable bonds is 6. The van der Waals surface area contributed by atoms with Gasteiger partial charge in [0.25, 0.3) is 5.56 Å². The second-order valence-electron chi connectivity index (χ2n) is 6.49. The Bertz CT molecular complexity index is 1290. The Morgan fingerprint density at radius 1 is 1.17 bits per heavy atom. The minimum Gasteiger partial charge on any atom is -0.325 e. The summed E-state index contributed by atoms with van der Waals surface area (Å²) in [5.74, 6) is 0.463. The number of para-hydroxylation sites is 2. The number of allylic oxidation sites excluding steroid dienone is 1. The second-order valence-corrected chi connectivity index (χ2v) is 7.43. The van der Waals surface area contributed by atoms with Crippen LogP contribution in [0.2, 0.25) is 0 Å². The van der Waals surface area contributed by atoms with Crippen LogP contribution in [0.3, 0.4) is 0 Å². The number of anilines is 1. The molecule has 1 N–H and O–H groups in total. The summed E-state index contributed by atoms with van der Waals surface area (Å²) in [5.41, 5.74) is 2.35. The third-order valence-corrected chi connectivity index (χ3v) is 5.47. The molecule has 2 aromatic carbocycles. The van der Waals surface area contributed by atoms with Crippen molar-refractivity contribution in [3.8, 4) is 0 Å². The smallest absolute Gasteiger partial charge is 0.263 e.